The van der Waals surface area contributed by atoms with Crippen LogP contribution in [0.2, 0.25) is 0 Å². The quantitative estimate of drug-likeness (QED) is 0.786. The monoisotopic (exact) mass is 305 g/mol. The predicted molar refractivity (Wildman–Crippen MR) is 85.2 cm³/mol. The number of carbonyl (C=O) groups excluding carboxylic acids is 1. The minimum absolute atomic E-state index is 0.121. The van der Waals surface area contributed by atoms with Crippen molar-refractivity contribution in [3.8, 4) is 11.5 Å². The molecule has 1 atom stereocenters. The average molecular weight is 305 g/mol. The Bertz CT molecular complexity index is 521. The van der Waals surface area contributed by atoms with Crippen LogP contribution >= 0.6 is 0 Å². The summed E-state index contributed by atoms with van der Waals surface area (Å²) in [4.78, 5) is 11.8. The largest absolute Gasteiger partial charge is 0.493 e. The molecule has 0 spiro atoms. The van der Waals surface area contributed by atoms with E-state index in [-0.39, 0.29) is 12.0 Å². The molecule has 0 saturated carbocycles. The molecule has 0 unspecified atom stereocenters. The topological polar surface area (TPSA) is 56.8 Å². The number of carbonyl (C=O) groups is 1. The molecule has 0 radical (unpaired) electrons. The van der Waals surface area contributed by atoms with Crippen LogP contribution in [0, 0.1) is 0 Å². The molecule has 1 aliphatic rings. The molecule has 1 N–H and O–H groups in total. The lowest BCUT2D eigenvalue weighted by Crippen LogP contribution is -2.30. The molecule has 2 rings (SSSR count). The summed E-state index contributed by atoms with van der Waals surface area (Å²) in [5.41, 5.74) is 0.886. The number of nitrogens with one attached hydrogen (secondary N) is 1. The SMILES string of the molecule is CCOc1cc(/C=C/C(=O)NC[C@@H]2CCCO2)ccc1OC. The van der Waals surface area contributed by atoms with Gasteiger partial charge in [0.05, 0.1) is 19.8 Å². The van der Waals surface area contributed by atoms with Gasteiger partial charge in [0.25, 0.3) is 0 Å². The summed E-state index contributed by atoms with van der Waals surface area (Å²) in [5.74, 6) is 1.23. The minimum atomic E-state index is -0.121. The molecule has 0 bridgehead atoms. The first-order valence-electron chi connectivity index (χ1n) is 7.61. The highest BCUT2D eigenvalue weighted by atomic mass is 16.5. The molecule has 1 saturated heterocycles. The number of amides is 1. The van der Waals surface area contributed by atoms with E-state index in [0.29, 0.717) is 24.7 Å². The number of benzene rings is 1. The van der Waals surface area contributed by atoms with Gasteiger partial charge in [0.2, 0.25) is 5.91 Å². The number of hydrogen-bond acceptors (Lipinski definition) is 4. The molecule has 120 valence electrons. The predicted octanol–water partition coefficient (Wildman–Crippen LogP) is 2.40. The van der Waals surface area contributed by atoms with Crippen LogP contribution in [-0.2, 0) is 9.53 Å². The molecule has 1 heterocycles. The van der Waals surface area contributed by atoms with Gasteiger partial charge in [-0.3, -0.25) is 4.79 Å². The van der Waals surface area contributed by atoms with Crippen molar-refractivity contribution in [3.05, 3.63) is 29.8 Å². The van der Waals surface area contributed by atoms with E-state index < -0.39 is 0 Å². The van der Waals surface area contributed by atoms with Crippen LogP contribution in [0.5, 0.6) is 11.5 Å². The lowest BCUT2D eigenvalue weighted by Gasteiger charge is -2.10. The van der Waals surface area contributed by atoms with Gasteiger partial charge in [-0.05, 0) is 43.5 Å². The first kappa shape index (κ1) is 16.4. The second-order valence-electron chi connectivity index (χ2n) is 5.06. The van der Waals surface area contributed by atoms with E-state index >= 15 is 0 Å². The standard InChI is InChI=1S/C17H23NO4/c1-3-21-16-11-13(6-8-15(16)20-2)7-9-17(19)18-12-14-5-4-10-22-14/h6-9,11,14H,3-5,10,12H2,1-2H3,(H,18,19)/b9-7+/t14-/m0/s1. The Kier molecular flexibility index (Phi) is 6.27. The number of ether oxygens (including phenoxy) is 3. The lowest BCUT2D eigenvalue weighted by atomic mass is 10.2. The van der Waals surface area contributed by atoms with Gasteiger partial charge in [-0.25, -0.2) is 0 Å². The fourth-order valence-corrected chi connectivity index (χ4v) is 2.32. The van der Waals surface area contributed by atoms with Crippen molar-refractivity contribution in [2.24, 2.45) is 0 Å². The van der Waals surface area contributed by atoms with Crippen molar-refractivity contribution in [2.45, 2.75) is 25.9 Å². The summed E-state index contributed by atoms with van der Waals surface area (Å²) in [5, 5.41) is 2.85. The molecular weight excluding hydrogens is 282 g/mol. The Hall–Kier alpha value is -2.01. The van der Waals surface area contributed by atoms with E-state index in [1.54, 1.807) is 13.2 Å². The summed E-state index contributed by atoms with van der Waals surface area (Å²) < 4.78 is 16.2. The molecule has 1 aliphatic heterocycles. The van der Waals surface area contributed by atoms with Gasteiger partial charge >= 0.3 is 0 Å². The zero-order valence-corrected chi connectivity index (χ0v) is 13.1. The van der Waals surface area contributed by atoms with Gasteiger partial charge in [0.15, 0.2) is 11.5 Å². The first-order valence-corrected chi connectivity index (χ1v) is 7.61. The maximum atomic E-state index is 11.8. The summed E-state index contributed by atoms with van der Waals surface area (Å²) in [7, 11) is 1.60. The van der Waals surface area contributed by atoms with Crippen LogP contribution in [0.1, 0.15) is 25.3 Å². The second kappa shape index (κ2) is 8.44. The zero-order valence-electron chi connectivity index (χ0n) is 13.1. The van der Waals surface area contributed by atoms with Crippen molar-refractivity contribution in [2.75, 3.05) is 26.9 Å². The second-order valence-corrected chi connectivity index (χ2v) is 5.06. The summed E-state index contributed by atoms with van der Waals surface area (Å²) in [6.07, 6.45) is 5.52. The highest BCUT2D eigenvalue weighted by Gasteiger charge is 2.15. The molecule has 1 aromatic rings. The van der Waals surface area contributed by atoms with Crippen LogP contribution in [0.15, 0.2) is 24.3 Å². The maximum absolute atomic E-state index is 11.8. The van der Waals surface area contributed by atoms with Gasteiger partial charge in [0, 0.05) is 19.2 Å². The van der Waals surface area contributed by atoms with E-state index in [2.05, 4.69) is 5.32 Å². The number of rotatable bonds is 7. The Morgan fingerprint density at radius 2 is 2.32 bits per heavy atom. The molecule has 1 amide bonds. The summed E-state index contributed by atoms with van der Waals surface area (Å²) in [6, 6.07) is 5.56. The van der Waals surface area contributed by atoms with Crippen molar-refractivity contribution in [3.63, 3.8) is 0 Å². The summed E-state index contributed by atoms with van der Waals surface area (Å²) in [6.45, 7) is 3.84. The first-order chi connectivity index (χ1) is 10.7. The zero-order chi connectivity index (χ0) is 15.8. The van der Waals surface area contributed by atoms with Crippen molar-refractivity contribution < 1.29 is 19.0 Å². The molecule has 22 heavy (non-hydrogen) atoms. The number of methoxy groups -OCH3 is 1. The molecule has 0 aromatic heterocycles. The van der Waals surface area contributed by atoms with Crippen LogP contribution in [-0.4, -0.2) is 38.9 Å². The van der Waals surface area contributed by atoms with Gasteiger partial charge < -0.3 is 19.5 Å². The molecular formula is C17H23NO4. The average Bonchev–Trinajstić information content (AvgIpc) is 3.05. The van der Waals surface area contributed by atoms with Gasteiger partial charge in [-0.1, -0.05) is 6.07 Å². The minimum Gasteiger partial charge on any atom is -0.493 e. The van der Waals surface area contributed by atoms with E-state index in [1.807, 2.05) is 25.1 Å². The van der Waals surface area contributed by atoms with E-state index in [0.717, 1.165) is 25.0 Å². The fraction of sp³-hybridized carbons (Fsp3) is 0.471. The van der Waals surface area contributed by atoms with E-state index in [1.165, 1.54) is 6.08 Å². The fourth-order valence-electron chi connectivity index (χ4n) is 2.32. The third-order valence-corrected chi connectivity index (χ3v) is 3.44. The van der Waals surface area contributed by atoms with Crippen LogP contribution in [0.4, 0.5) is 0 Å². The van der Waals surface area contributed by atoms with E-state index in [9.17, 15) is 4.79 Å². The van der Waals surface area contributed by atoms with Gasteiger partial charge in [-0.15, -0.1) is 0 Å². The Morgan fingerprint density at radius 1 is 1.45 bits per heavy atom. The van der Waals surface area contributed by atoms with Crippen LogP contribution in [0.25, 0.3) is 6.08 Å². The van der Waals surface area contributed by atoms with Crippen LogP contribution in [0.3, 0.4) is 0 Å². The van der Waals surface area contributed by atoms with E-state index in [4.69, 9.17) is 14.2 Å². The Labute approximate surface area is 131 Å². The summed E-state index contributed by atoms with van der Waals surface area (Å²) >= 11 is 0. The van der Waals surface area contributed by atoms with Gasteiger partial charge in [0.1, 0.15) is 0 Å². The highest BCUT2D eigenvalue weighted by Crippen LogP contribution is 2.28. The molecule has 1 aromatic carbocycles. The van der Waals surface area contributed by atoms with Crippen LogP contribution < -0.4 is 14.8 Å². The smallest absolute Gasteiger partial charge is 0.244 e. The van der Waals surface area contributed by atoms with Crippen molar-refractivity contribution in [1.29, 1.82) is 0 Å². The third kappa shape index (κ3) is 4.77. The third-order valence-electron chi connectivity index (χ3n) is 3.44. The van der Waals surface area contributed by atoms with Gasteiger partial charge in [-0.2, -0.15) is 0 Å². The maximum Gasteiger partial charge on any atom is 0.244 e. The van der Waals surface area contributed by atoms with Crippen molar-refractivity contribution >= 4 is 12.0 Å². The highest BCUT2D eigenvalue weighted by molar-refractivity contribution is 5.91. The Balaban J connectivity index is 1.90. The molecule has 1 fully saturated rings. The Morgan fingerprint density at radius 3 is 3.00 bits per heavy atom. The van der Waals surface area contributed by atoms with Crippen molar-refractivity contribution in [1.82, 2.24) is 5.32 Å². The lowest BCUT2D eigenvalue weighted by molar-refractivity contribution is -0.116. The normalized spacial score (nSPS) is 17.6. The molecule has 0 aliphatic carbocycles. The molecule has 5 heteroatoms. The number of hydrogen-bond donors (Lipinski definition) is 1. The molecule has 5 nitrogen and oxygen atoms in total.